The summed E-state index contributed by atoms with van der Waals surface area (Å²) >= 11 is 0. The maximum absolute atomic E-state index is 12.8. The highest BCUT2D eigenvalue weighted by Crippen LogP contribution is 2.30. The van der Waals surface area contributed by atoms with Crippen LogP contribution in [0.4, 0.5) is 4.39 Å². The van der Waals surface area contributed by atoms with Gasteiger partial charge >= 0.3 is 0 Å². The van der Waals surface area contributed by atoms with E-state index >= 15 is 0 Å². The van der Waals surface area contributed by atoms with Crippen LogP contribution in [0.5, 0.6) is 5.75 Å². The molecule has 0 heterocycles. The van der Waals surface area contributed by atoms with E-state index in [-0.39, 0.29) is 17.3 Å². The zero-order valence-electron chi connectivity index (χ0n) is 10.1. The SMILES string of the molecule is O=C1C(=Cc2ccc(F)cc2)Cc2ccc(O)cc21. The number of carbonyl (C=O) groups is 1. The Balaban J connectivity index is 1.97. The van der Waals surface area contributed by atoms with Gasteiger partial charge in [-0.15, -0.1) is 0 Å². The van der Waals surface area contributed by atoms with Gasteiger partial charge in [-0.25, -0.2) is 4.39 Å². The number of fused-ring (bicyclic) bond motifs is 1. The summed E-state index contributed by atoms with van der Waals surface area (Å²) in [5.74, 6) is -0.279. The zero-order chi connectivity index (χ0) is 13.4. The molecule has 0 bridgehead atoms. The summed E-state index contributed by atoms with van der Waals surface area (Å²) in [7, 11) is 0. The largest absolute Gasteiger partial charge is 0.508 e. The average Bonchev–Trinajstić information content (AvgIpc) is 2.70. The molecule has 0 amide bonds. The molecule has 3 heteroatoms. The Morgan fingerprint density at radius 2 is 1.84 bits per heavy atom. The van der Waals surface area contributed by atoms with E-state index < -0.39 is 0 Å². The third-order valence-corrected chi connectivity index (χ3v) is 3.22. The summed E-state index contributed by atoms with van der Waals surface area (Å²) in [6.45, 7) is 0. The molecule has 0 saturated heterocycles. The highest BCUT2D eigenvalue weighted by atomic mass is 19.1. The van der Waals surface area contributed by atoms with Crippen molar-refractivity contribution in [3.8, 4) is 5.75 Å². The van der Waals surface area contributed by atoms with Gasteiger partial charge in [-0.3, -0.25) is 4.79 Å². The van der Waals surface area contributed by atoms with Gasteiger partial charge in [-0.2, -0.15) is 0 Å². The number of benzene rings is 2. The Labute approximate surface area is 109 Å². The van der Waals surface area contributed by atoms with Crippen molar-refractivity contribution in [1.29, 1.82) is 0 Å². The number of allylic oxidation sites excluding steroid dienone is 1. The molecule has 1 aliphatic rings. The number of phenols is 1. The summed E-state index contributed by atoms with van der Waals surface area (Å²) in [5.41, 5.74) is 2.92. The highest BCUT2D eigenvalue weighted by molar-refractivity contribution is 6.15. The van der Waals surface area contributed by atoms with Crippen LogP contribution in [0.3, 0.4) is 0 Å². The lowest BCUT2D eigenvalue weighted by molar-refractivity contribution is 0.104. The molecule has 19 heavy (non-hydrogen) atoms. The minimum atomic E-state index is -0.298. The van der Waals surface area contributed by atoms with Crippen LogP contribution in [-0.2, 0) is 6.42 Å². The van der Waals surface area contributed by atoms with Crippen molar-refractivity contribution in [2.45, 2.75) is 6.42 Å². The maximum Gasteiger partial charge on any atom is 0.189 e. The van der Waals surface area contributed by atoms with E-state index in [1.165, 1.54) is 18.2 Å². The molecule has 2 aromatic carbocycles. The fourth-order valence-corrected chi connectivity index (χ4v) is 2.27. The third-order valence-electron chi connectivity index (χ3n) is 3.22. The van der Waals surface area contributed by atoms with E-state index in [0.29, 0.717) is 17.6 Å². The highest BCUT2D eigenvalue weighted by Gasteiger charge is 2.24. The minimum Gasteiger partial charge on any atom is -0.508 e. The number of phenolic OH excluding ortho intramolecular Hbond substituents is 1. The van der Waals surface area contributed by atoms with Crippen molar-refractivity contribution >= 4 is 11.9 Å². The number of hydrogen-bond acceptors (Lipinski definition) is 2. The molecule has 94 valence electrons. The molecule has 0 fully saturated rings. The monoisotopic (exact) mass is 254 g/mol. The Morgan fingerprint density at radius 1 is 1.11 bits per heavy atom. The molecule has 3 rings (SSSR count). The van der Waals surface area contributed by atoms with Crippen molar-refractivity contribution in [3.63, 3.8) is 0 Å². The first kappa shape index (κ1) is 11.7. The molecule has 1 N–H and O–H groups in total. The van der Waals surface area contributed by atoms with Crippen LogP contribution in [0.2, 0.25) is 0 Å². The Bertz CT molecular complexity index is 684. The molecule has 0 atom stereocenters. The number of rotatable bonds is 1. The molecule has 0 saturated carbocycles. The second-order valence-corrected chi connectivity index (χ2v) is 4.57. The van der Waals surface area contributed by atoms with E-state index in [9.17, 15) is 14.3 Å². The Kier molecular flexibility index (Phi) is 2.67. The van der Waals surface area contributed by atoms with E-state index in [2.05, 4.69) is 0 Å². The van der Waals surface area contributed by atoms with Crippen LogP contribution >= 0.6 is 0 Å². The van der Waals surface area contributed by atoms with E-state index in [4.69, 9.17) is 0 Å². The number of aromatic hydroxyl groups is 1. The predicted molar refractivity (Wildman–Crippen MR) is 70.5 cm³/mol. The van der Waals surface area contributed by atoms with Crippen molar-refractivity contribution in [2.75, 3.05) is 0 Å². The normalized spacial score (nSPS) is 15.8. The fraction of sp³-hybridized carbons (Fsp3) is 0.0625. The van der Waals surface area contributed by atoms with Gasteiger partial charge in [0.15, 0.2) is 5.78 Å². The van der Waals surface area contributed by atoms with Gasteiger partial charge in [0, 0.05) is 17.6 Å². The molecule has 0 radical (unpaired) electrons. The van der Waals surface area contributed by atoms with Crippen molar-refractivity contribution in [1.82, 2.24) is 0 Å². The van der Waals surface area contributed by atoms with Gasteiger partial charge in [0.05, 0.1) is 0 Å². The number of hydrogen-bond donors (Lipinski definition) is 1. The minimum absolute atomic E-state index is 0.0739. The molecule has 0 aliphatic heterocycles. The number of halogens is 1. The van der Waals surface area contributed by atoms with Crippen LogP contribution in [0.25, 0.3) is 6.08 Å². The number of Topliss-reactive ketones (excluding diaryl/α,β-unsaturated/α-hetero) is 1. The smallest absolute Gasteiger partial charge is 0.189 e. The van der Waals surface area contributed by atoms with Gasteiger partial charge in [-0.05, 0) is 41.5 Å². The Hall–Kier alpha value is -2.42. The average molecular weight is 254 g/mol. The summed E-state index contributed by atoms with van der Waals surface area (Å²) in [4.78, 5) is 12.2. The molecule has 0 spiro atoms. The second kappa shape index (κ2) is 4.35. The summed E-state index contributed by atoms with van der Waals surface area (Å²) in [6.07, 6.45) is 2.31. The molecule has 0 unspecified atom stereocenters. The number of carbonyl (C=O) groups excluding carboxylic acids is 1. The molecule has 2 aromatic rings. The van der Waals surface area contributed by atoms with Gasteiger partial charge in [0.1, 0.15) is 11.6 Å². The summed E-state index contributed by atoms with van der Waals surface area (Å²) in [5, 5.41) is 9.41. The first-order valence-electron chi connectivity index (χ1n) is 5.96. The van der Waals surface area contributed by atoms with Crippen molar-refractivity contribution in [3.05, 3.63) is 70.5 Å². The van der Waals surface area contributed by atoms with E-state index in [1.54, 1.807) is 30.3 Å². The lowest BCUT2D eigenvalue weighted by atomic mass is 10.1. The summed E-state index contributed by atoms with van der Waals surface area (Å²) < 4.78 is 12.8. The standard InChI is InChI=1S/C16H11FO2/c17-13-4-1-10(2-5-13)7-12-8-11-3-6-14(18)9-15(11)16(12)19/h1-7,9,18H,8H2. The first-order chi connectivity index (χ1) is 9.13. The lowest BCUT2D eigenvalue weighted by Gasteiger charge is -1.97. The summed E-state index contributed by atoms with van der Waals surface area (Å²) in [6, 6.07) is 10.8. The second-order valence-electron chi connectivity index (χ2n) is 4.57. The van der Waals surface area contributed by atoms with E-state index in [0.717, 1.165) is 11.1 Å². The molecule has 2 nitrogen and oxygen atoms in total. The third kappa shape index (κ3) is 2.15. The lowest BCUT2D eigenvalue weighted by Crippen LogP contribution is -1.95. The van der Waals surface area contributed by atoms with Crippen LogP contribution in [-0.4, -0.2) is 10.9 Å². The quantitative estimate of drug-likeness (QED) is 0.792. The van der Waals surface area contributed by atoms with Gasteiger partial charge in [-0.1, -0.05) is 18.2 Å². The maximum atomic E-state index is 12.8. The van der Waals surface area contributed by atoms with Crippen LogP contribution in [0.15, 0.2) is 48.0 Å². The molecule has 1 aliphatic carbocycles. The molecular weight excluding hydrogens is 243 g/mol. The Morgan fingerprint density at radius 3 is 2.58 bits per heavy atom. The van der Waals surface area contributed by atoms with Crippen molar-refractivity contribution in [2.24, 2.45) is 0 Å². The first-order valence-corrected chi connectivity index (χ1v) is 5.96. The van der Waals surface area contributed by atoms with E-state index in [1.807, 2.05) is 0 Å². The molecular formula is C16H11FO2. The van der Waals surface area contributed by atoms with Gasteiger partial charge in [0.2, 0.25) is 0 Å². The van der Waals surface area contributed by atoms with Crippen LogP contribution in [0.1, 0.15) is 21.5 Å². The van der Waals surface area contributed by atoms with Crippen molar-refractivity contribution < 1.29 is 14.3 Å². The van der Waals surface area contributed by atoms with Gasteiger partial charge < -0.3 is 5.11 Å². The fourth-order valence-electron chi connectivity index (χ4n) is 2.27. The molecule has 0 aromatic heterocycles. The predicted octanol–water partition coefficient (Wildman–Crippen LogP) is 3.35. The van der Waals surface area contributed by atoms with Gasteiger partial charge in [0.25, 0.3) is 0 Å². The number of ketones is 1. The topological polar surface area (TPSA) is 37.3 Å². The zero-order valence-corrected chi connectivity index (χ0v) is 10.1. The van der Waals surface area contributed by atoms with Crippen LogP contribution in [0, 0.1) is 5.82 Å². The van der Waals surface area contributed by atoms with Crippen LogP contribution < -0.4 is 0 Å².